The molecule has 218 valence electrons. The van der Waals surface area contributed by atoms with Gasteiger partial charge in [0.2, 0.25) is 11.8 Å². The van der Waals surface area contributed by atoms with Crippen LogP contribution in [0.1, 0.15) is 52.9 Å². The average Bonchev–Trinajstić information content (AvgIpc) is 3.50. The van der Waals surface area contributed by atoms with Crippen molar-refractivity contribution in [1.29, 1.82) is 0 Å². The zero-order valence-corrected chi connectivity index (χ0v) is 24.5. The number of thiazole rings is 1. The number of hydrogen-bond donors (Lipinski definition) is 1. The van der Waals surface area contributed by atoms with Crippen molar-refractivity contribution in [2.75, 3.05) is 31.2 Å². The van der Waals surface area contributed by atoms with Crippen LogP contribution in [0.4, 0.5) is 5.69 Å². The van der Waals surface area contributed by atoms with Gasteiger partial charge in [-0.05, 0) is 68.1 Å². The minimum Gasteiger partial charge on any atom is -0.484 e. The van der Waals surface area contributed by atoms with Crippen LogP contribution in [-0.4, -0.2) is 65.1 Å². The van der Waals surface area contributed by atoms with Crippen molar-refractivity contribution in [1.82, 2.24) is 9.88 Å². The summed E-state index contributed by atoms with van der Waals surface area (Å²) in [5.41, 5.74) is 1.39. The topological polar surface area (TPSA) is 126 Å². The molecule has 3 aliphatic rings. The Hall–Kier alpha value is -3.90. The van der Waals surface area contributed by atoms with Crippen molar-refractivity contribution in [2.24, 2.45) is 5.92 Å². The molecule has 0 aliphatic carbocycles. The van der Waals surface area contributed by atoms with Crippen LogP contribution in [0.5, 0.6) is 5.75 Å². The average molecular weight is 608 g/mol. The molecule has 0 bridgehead atoms. The molecule has 3 aromatic rings. The van der Waals surface area contributed by atoms with Gasteiger partial charge in [0, 0.05) is 23.9 Å². The number of aromatic nitrogens is 1. The minimum absolute atomic E-state index is 0.0680. The number of likely N-dealkylation sites (tertiary alicyclic amines) is 1. The molecule has 0 saturated carbocycles. The summed E-state index contributed by atoms with van der Waals surface area (Å²) in [6, 6.07) is 13.3. The van der Waals surface area contributed by atoms with Crippen molar-refractivity contribution < 1.29 is 28.7 Å². The summed E-state index contributed by atoms with van der Waals surface area (Å²) in [5, 5.41) is -0.182. The number of esters is 1. The summed E-state index contributed by atoms with van der Waals surface area (Å²) in [6.07, 6.45) is 3.11. The Labute approximate surface area is 250 Å². The van der Waals surface area contributed by atoms with Gasteiger partial charge in [-0.1, -0.05) is 35.2 Å². The van der Waals surface area contributed by atoms with E-state index in [0.717, 1.165) is 48.6 Å². The van der Waals surface area contributed by atoms with E-state index >= 15 is 0 Å². The lowest BCUT2D eigenvalue weighted by atomic mass is 9.83. The molecule has 2 unspecified atom stereocenters. The molecule has 0 radical (unpaired) electrons. The number of aromatic amines is 1. The number of amides is 3. The van der Waals surface area contributed by atoms with Gasteiger partial charge < -0.3 is 19.4 Å². The van der Waals surface area contributed by atoms with Crippen LogP contribution in [0.2, 0.25) is 0 Å². The highest BCUT2D eigenvalue weighted by molar-refractivity contribution is 8.00. The fourth-order valence-electron chi connectivity index (χ4n) is 5.77. The summed E-state index contributed by atoms with van der Waals surface area (Å²) in [6.45, 7) is 3.33. The van der Waals surface area contributed by atoms with Crippen molar-refractivity contribution >= 4 is 52.5 Å². The molecule has 2 fully saturated rings. The molecule has 1 N–H and O–H groups in total. The largest absolute Gasteiger partial charge is 0.484 e. The second kappa shape index (κ2) is 11.8. The molecule has 6 rings (SSSR count). The van der Waals surface area contributed by atoms with Crippen LogP contribution in [0.3, 0.4) is 0 Å². The van der Waals surface area contributed by atoms with Gasteiger partial charge in [0.1, 0.15) is 11.0 Å². The molecule has 1 aromatic heterocycles. The molecule has 12 heteroatoms. The Kier molecular flexibility index (Phi) is 7.91. The summed E-state index contributed by atoms with van der Waals surface area (Å²) in [5.74, 6) is -2.19. The first-order chi connectivity index (χ1) is 20.4. The number of H-pyrrole nitrogens is 1. The lowest BCUT2D eigenvalue weighted by molar-refractivity contribution is -0.134. The van der Waals surface area contributed by atoms with E-state index in [2.05, 4.69) is 4.98 Å². The third-order valence-electron chi connectivity index (χ3n) is 7.75. The van der Waals surface area contributed by atoms with Gasteiger partial charge in [0.25, 0.3) is 5.91 Å². The number of imide groups is 1. The Morgan fingerprint density at radius 2 is 1.76 bits per heavy atom. The molecule has 2 saturated heterocycles. The van der Waals surface area contributed by atoms with Gasteiger partial charge >= 0.3 is 10.8 Å². The van der Waals surface area contributed by atoms with Crippen LogP contribution >= 0.6 is 23.1 Å². The Balaban J connectivity index is 1.29. The number of nitrogens with zero attached hydrogens (tertiary/aromatic N) is 2. The lowest BCUT2D eigenvalue weighted by Crippen LogP contribution is -2.38. The predicted molar refractivity (Wildman–Crippen MR) is 157 cm³/mol. The van der Waals surface area contributed by atoms with Crippen LogP contribution in [0.15, 0.2) is 58.4 Å². The van der Waals surface area contributed by atoms with E-state index in [1.54, 1.807) is 37.3 Å². The maximum absolute atomic E-state index is 14.0. The molecular weight excluding hydrogens is 578 g/mol. The maximum Gasteiger partial charge on any atom is 0.338 e. The van der Waals surface area contributed by atoms with Gasteiger partial charge in [-0.25, -0.2) is 9.69 Å². The fourth-order valence-corrected chi connectivity index (χ4v) is 8.28. The van der Waals surface area contributed by atoms with E-state index < -0.39 is 23.1 Å². The normalized spacial score (nSPS) is 21.6. The first kappa shape index (κ1) is 28.2. The van der Waals surface area contributed by atoms with Crippen molar-refractivity contribution in [2.45, 2.75) is 42.4 Å². The van der Waals surface area contributed by atoms with E-state index in [1.807, 2.05) is 11.0 Å². The maximum atomic E-state index is 14.0. The summed E-state index contributed by atoms with van der Waals surface area (Å²) in [4.78, 5) is 71.1. The summed E-state index contributed by atoms with van der Waals surface area (Å²) in [7, 11) is 0. The Morgan fingerprint density at radius 3 is 2.50 bits per heavy atom. The monoisotopic (exact) mass is 607 g/mol. The quantitative estimate of drug-likeness (QED) is 0.318. The number of benzene rings is 2. The number of carbonyl (C=O) groups is 4. The molecule has 4 heterocycles. The Bertz CT molecular complexity index is 1590. The van der Waals surface area contributed by atoms with Crippen LogP contribution in [0.25, 0.3) is 0 Å². The number of fused-ring (bicyclic) bond motifs is 2. The third-order valence-corrected chi connectivity index (χ3v) is 10.1. The van der Waals surface area contributed by atoms with E-state index in [9.17, 15) is 24.0 Å². The van der Waals surface area contributed by atoms with E-state index in [1.165, 1.54) is 23.9 Å². The minimum atomic E-state index is -0.767. The standard InChI is InChI=1S/C30H29N3O7S2/c1-2-39-29(37)17-9-11-19(12-10-17)33-27(35)23-22(24-26(31-30(38)42-24)41-25(23)28(33)36)18-7-6-8-20(15-18)40-16-21(34)32-13-4-3-5-14-32/h6-12,15,22-23,25H,2-5,13-14,16H2,1H3,(H,31,38)/t22-,23?,25?/m1/s1. The zero-order chi connectivity index (χ0) is 29.4. The highest BCUT2D eigenvalue weighted by Crippen LogP contribution is 2.53. The van der Waals surface area contributed by atoms with E-state index in [0.29, 0.717) is 32.5 Å². The molecular formula is C30H29N3O7S2. The van der Waals surface area contributed by atoms with Crippen LogP contribution in [-0.2, 0) is 19.1 Å². The molecule has 3 atom stereocenters. The third kappa shape index (κ3) is 5.24. The van der Waals surface area contributed by atoms with Gasteiger partial charge in [-0.15, -0.1) is 0 Å². The molecule has 3 aliphatic heterocycles. The molecule has 2 aromatic carbocycles. The number of carbonyl (C=O) groups excluding carboxylic acids is 4. The molecule has 42 heavy (non-hydrogen) atoms. The number of thioether (sulfide) groups is 1. The van der Waals surface area contributed by atoms with Crippen molar-refractivity contribution in [3.8, 4) is 5.75 Å². The molecule has 0 spiro atoms. The number of nitrogens with one attached hydrogen (secondary N) is 1. The summed E-state index contributed by atoms with van der Waals surface area (Å²) >= 11 is 2.22. The van der Waals surface area contributed by atoms with Crippen molar-refractivity contribution in [3.63, 3.8) is 0 Å². The number of rotatable bonds is 7. The van der Waals surface area contributed by atoms with Crippen LogP contribution < -0.4 is 14.5 Å². The summed E-state index contributed by atoms with van der Waals surface area (Å²) < 4.78 is 10.9. The number of ether oxygens (including phenoxy) is 2. The van der Waals surface area contributed by atoms with Gasteiger partial charge in [0.15, 0.2) is 6.61 Å². The highest BCUT2D eigenvalue weighted by atomic mass is 32.2. The smallest absolute Gasteiger partial charge is 0.338 e. The zero-order valence-electron chi connectivity index (χ0n) is 22.9. The Morgan fingerprint density at radius 1 is 1.00 bits per heavy atom. The number of piperidine rings is 1. The SMILES string of the molecule is CCOC(=O)c1ccc(N2C(=O)C3Sc4[nH]c(=O)sc4[C@H](c4cccc(OCC(=O)N5CCCCC5)c4)C3C2=O)cc1. The first-order valence-electron chi connectivity index (χ1n) is 13.9. The fraction of sp³-hybridized carbons (Fsp3) is 0.367. The van der Waals surface area contributed by atoms with Crippen molar-refractivity contribution in [3.05, 3.63) is 74.2 Å². The lowest BCUT2D eigenvalue weighted by Gasteiger charge is -2.30. The van der Waals surface area contributed by atoms with Gasteiger partial charge in [-0.3, -0.25) is 19.2 Å². The van der Waals surface area contributed by atoms with E-state index in [-0.39, 0.29) is 35.8 Å². The second-order valence-corrected chi connectivity index (χ2v) is 12.5. The second-order valence-electron chi connectivity index (χ2n) is 10.3. The number of anilines is 1. The number of hydrogen-bond acceptors (Lipinski definition) is 9. The molecule has 10 nitrogen and oxygen atoms in total. The van der Waals surface area contributed by atoms with Gasteiger partial charge in [-0.2, -0.15) is 0 Å². The molecule has 3 amide bonds. The predicted octanol–water partition coefficient (Wildman–Crippen LogP) is 3.80. The highest BCUT2D eigenvalue weighted by Gasteiger charge is 2.56. The first-order valence-corrected chi connectivity index (χ1v) is 15.6. The van der Waals surface area contributed by atoms with E-state index in [4.69, 9.17) is 9.47 Å². The van der Waals surface area contributed by atoms with Gasteiger partial charge in [0.05, 0.1) is 28.8 Å². The van der Waals surface area contributed by atoms with Crippen LogP contribution in [0, 0.1) is 5.92 Å².